The van der Waals surface area contributed by atoms with Crippen molar-refractivity contribution >= 4 is 36.2 Å². The Labute approximate surface area is 128 Å². The largest absolute Gasteiger partial charge is 0.467 e. The topological polar surface area (TPSA) is 96.9 Å². The van der Waals surface area contributed by atoms with Gasteiger partial charge in [-0.05, 0) is 32.4 Å². The van der Waals surface area contributed by atoms with Crippen molar-refractivity contribution in [3.8, 4) is 0 Å². The minimum atomic E-state index is -0.741. The molecule has 1 aliphatic heterocycles. The molecule has 1 amide bonds. The minimum Gasteiger partial charge on any atom is -0.467 e. The Balaban J connectivity index is 0.00000361. The highest BCUT2D eigenvalue weighted by atomic mass is 35.5. The molecule has 116 valence electrons. The maximum atomic E-state index is 11.7. The Bertz CT molecular complexity index is 351. The predicted octanol–water partition coefficient (Wildman–Crippen LogP) is 1.01. The maximum absolute atomic E-state index is 11.7. The zero-order valence-electron chi connectivity index (χ0n) is 11.5. The lowest BCUT2D eigenvalue weighted by Gasteiger charge is -2.36. The van der Waals surface area contributed by atoms with Gasteiger partial charge in [0, 0.05) is 28.2 Å². The molecule has 1 fully saturated rings. The van der Waals surface area contributed by atoms with E-state index >= 15 is 0 Å². The van der Waals surface area contributed by atoms with Gasteiger partial charge in [-0.1, -0.05) is 0 Å². The van der Waals surface area contributed by atoms with Crippen molar-refractivity contribution in [3.63, 3.8) is 0 Å². The number of rotatable bonds is 6. The monoisotopic (exact) mass is 325 g/mol. The average Bonchev–Trinajstić information content (AvgIpc) is 2.38. The van der Waals surface area contributed by atoms with Crippen LogP contribution in [0, 0.1) is 4.91 Å². The van der Waals surface area contributed by atoms with Crippen LogP contribution in [-0.4, -0.2) is 42.9 Å². The van der Waals surface area contributed by atoms with Gasteiger partial charge in [0.25, 0.3) is 0 Å². The van der Waals surface area contributed by atoms with Gasteiger partial charge < -0.3 is 15.4 Å². The van der Waals surface area contributed by atoms with Gasteiger partial charge in [0.15, 0.2) is 0 Å². The molecule has 1 atom stereocenters. The van der Waals surface area contributed by atoms with E-state index in [9.17, 15) is 14.5 Å². The summed E-state index contributed by atoms with van der Waals surface area (Å²) >= 11 is 0.953. The van der Waals surface area contributed by atoms with E-state index in [1.54, 1.807) is 0 Å². The lowest BCUT2D eigenvalue weighted by molar-refractivity contribution is -0.145. The van der Waals surface area contributed by atoms with Crippen LogP contribution < -0.4 is 10.6 Å². The Morgan fingerprint density at radius 3 is 2.50 bits per heavy atom. The summed E-state index contributed by atoms with van der Waals surface area (Å²) < 4.78 is 7.19. The van der Waals surface area contributed by atoms with Gasteiger partial charge in [-0.15, -0.1) is 17.3 Å². The highest BCUT2D eigenvalue weighted by Crippen LogP contribution is 2.39. The van der Waals surface area contributed by atoms with Gasteiger partial charge in [-0.2, -0.15) is 0 Å². The summed E-state index contributed by atoms with van der Waals surface area (Å²) in [5, 5.41) is 5.76. The van der Waals surface area contributed by atoms with Crippen LogP contribution >= 0.6 is 24.4 Å². The number of nitroso groups, excluding NO2 is 1. The number of amides is 1. The molecule has 0 saturated carbocycles. The second-order valence-corrected chi connectivity index (χ2v) is 5.78. The number of nitrogens with zero attached hydrogens (tertiary/aromatic N) is 1. The summed E-state index contributed by atoms with van der Waals surface area (Å²) in [5.41, 5.74) is 0. The number of esters is 1. The first-order valence-corrected chi connectivity index (χ1v) is 6.87. The Morgan fingerprint density at radius 1 is 1.45 bits per heavy atom. The van der Waals surface area contributed by atoms with E-state index in [4.69, 9.17) is 4.74 Å². The Hall–Kier alpha value is -0.860. The number of halogens is 1. The number of carbonyl (C=O) groups is 2. The van der Waals surface area contributed by atoms with E-state index in [-0.39, 0.29) is 18.3 Å². The van der Waals surface area contributed by atoms with E-state index in [2.05, 4.69) is 15.2 Å². The molecule has 7 nitrogen and oxygen atoms in total. The Morgan fingerprint density at radius 2 is 2.05 bits per heavy atom. The van der Waals surface area contributed by atoms with Crippen molar-refractivity contribution in [2.45, 2.75) is 37.0 Å². The van der Waals surface area contributed by atoms with Crippen molar-refractivity contribution in [1.29, 1.82) is 0 Å². The second-order valence-electron chi connectivity index (χ2n) is 4.58. The summed E-state index contributed by atoms with van der Waals surface area (Å²) in [6.45, 7) is 2.86. The van der Waals surface area contributed by atoms with E-state index < -0.39 is 16.8 Å². The number of hydrogen-bond acceptors (Lipinski definition) is 7. The van der Waals surface area contributed by atoms with E-state index in [0.29, 0.717) is 6.42 Å². The molecule has 1 saturated heterocycles. The highest BCUT2D eigenvalue weighted by molar-refractivity contribution is 7.99. The molecular weight excluding hydrogens is 306 g/mol. The zero-order valence-corrected chi connectivity index (χ0v) is 13.1. The molecule has 0 aromatic carbocycles. The fourth-order valence-electron chi connectivity index (χ4n) is 2.25. The van der Waals surface area contributed by atoms with Crippen LogP contribution in [0.15, 0.2) is 4.58 Å². The van der Waals surface area contributed by atoms with Crippen molar-refractivity contribution in [3.05, 3.63) is 4.91 Å². The van der Waals surface area contributed by atoms with Crippen LogP contribution in [0.3, 0.4) is 0 Å². The lowest BCUT2D eigenvalue weighted by Crippen LogP contribution is -2.48. The third kappa shape index (κ3) is 5.64. The molecule has 20 heavy (non-hydrogen) atoms. The van der Waals surface area contributed by atoms with Gasteiger partial charge in [0.05, 0.1) is 7.11 Å². The minimum absolute atomic E-state index is 0. The first-order valence-electron chi connectivity index (χ1n) is 6.09. The van der Waals surface area contributed by atoms with Gasteiger partial charge in [-0.25, -0.2) is 4.79 Å². The zero-order chi connectivity index (χ0) is 14.3. The summed E-state index contributed by atoms with van der Waals surface area (Å²) in [7, 11) is 1.28. The number of hydrogen-bond donors (Lipinski definition) is 2. The summed E-state index contributed by atoms with van der Waals surface area (Å²) in [6.07, 6.45) is 1.78. The van der Waals surface area contributed by atoms with Crippen LogP contribution in [0.5, 0.6) is 0 Å². The number of nitrogens with one attached hydrogen (secondary N) is 2. The van der Waals surface area contributed by atoms with Crippen molar-refractivity contribution in [2.24, 2.45) is 4.58 Å². The molecular formula is C11H20ClN3O4S. The highest BCUT2D eigenvalue weighted by Gasteiger charge is 2.39. The molecule has 0 radical (unpaired) electrons. The van der Waals surface area contributed by atoms with Crippen LogP contribution in [0.25, 0.3) is 0 Å². The fraction of sp³-hybridized carbons (Fsp3) is 0.818. The molecule has 1 heterocycles. The normalized spacial score (nSPS) is 18.3. The number of methoxy groups -OCH3 is 1. The van der Waals surface area contributed by atoms with E-state index in [0.717, 1.165) is 37.9 Å². The quantitative estimate of drug-likeness (QED) is 0.430. The van der Waals surface area contributed by atoms with Crippen molar-refractivity contribution < 1.29 is 14.3 Å². The number of carbonyl (C=O) groups excluding carboxylic acids is 2. The molecule has 9 heteroatoms. The molecule has 1 aliphatic rings. The predicted molar refractivity (Wildman–Crippen MR) is 79.7 cm³/mol. The van der Waals surface area contributed by atoms with Crippen LogP contribution in [0.2, 0.25) is 0 Å². The van der Waals surface area contributed by atoms with E-state index in [1.165, 1.54) is 14.0 Å². The standard InChI is InChI=1S/C11H19N3O4S.ClH/c1-8(15)13-9(10(16)18-2)7-11(19-14-17)3-5-12-6-4-11;/h9,12H,3-7H2,1-2H3,(H,13,15);1H. The average molecular weight is 326 g/mol. The first-order chi connectivity index (χ1) is 9.03. The molecule has 1 unspecified atom stereocenters. The maximum Gasteiger partial charge on any atom is 0.328 e. The lowest BCUT2D eigenvalue weighted by atomic mass is 9.89. The second kappa shape index (κ2) is 9.15. The SMILES string of the molecule is COC(=O)C(CC1(SN=O)CCNCC1)NC(C)=O.Cl. The first kappa shape index (κ1) is 19.1. The van der Waals surface area contributed by atoms with Gasteiger partial charge >= 0.3 is 5.97 Å². The van der Waals surface area contributed by atoms with Crippen molar-refractivity contribution in [2.75, 3.05) is 20.2 Å². The van der Waals surface area contributed by atoms with Crippen LogP contribution in [-0.2, 0) is 14.3 Å². The Kier molecular flexibility index (Phi) is 8.75. The molecule has 1 rings (SSSR count). The number of piperidine rings is 1. The van der Waals surface area contributed by atoms with Gasteiger partial charge in [0.2, 0.25) is 5.91 Å². The van der Waals surface area contributed by atoms with Crippen LogP contribution in [0.1, 0.15) is 26.2 Å². The summed E-state index contributed by atoms with van der Waals surface area (Å²) in [4.78, 5) is 33.5. The molecule has 0 spiro atoms. The third-order valence-corrected chi connectivity index (χ3v) is 4.22. The fourth-order valence-corrected chi connectivity index (χ4v) is 3.03. The molecule has 0 bridgehead atoms. The molecule has 0 aromatic rings. The summed E-state index contributed by atoms with van der Waals surface area (Å²) in [6, 6.07) is -0.741. The molecule has 0 aromatic heterocycles. The van der Waals surface area contributed by atoms with Crippen molar-refractivity contribution in [1.82, 2.24) is 10.6 Å². The number of ether oxygens (including phenoxy) is 1. The van der Waals surface area contributed by atoms with Gasteiger partial charge in [-0.3, -0.25) is 4.79 Å². The summed E-state index contributed by atoms with van der Waals surface area (Å²) in [5.74, 6) is -0.803. The smallest absolute Gasteiger partial charge is 0.328 e. The molecule has 0 aliphatic carbocycles. The molecule has 2 N–H and O–H groups in total. The van der Waals surface area contributed by atoms with Gasteiger partial charge in [0.1, 0.15) is 6.04 Å². The van der Waals surface area contributed by atoms with Crippen LogP contribution in [0.4, 0.5) is 0 Å². The third-order valence-electron chi connectivity index (χ3n) is 3.19. The van der Waals surface area contributed by atoms with E-state index in [1.807, 2.05) is 0 Å².